The van der Waals surface area contributed by atoms with E-state index in [1.165, 1.54) is 0 Å². The second-order valence-corrected chi connectivity index (χ2v) is 4.54. The zero-order valence-electron chi connectivity index (χ0n) is 8.06. The Morgan fingerprint density at radius 2 is 1.79 bits per heavy atom. The Morgan fingerprint density at radius 1 is 1.21 bits per heavy atom. The second-order valence-electron chi connectivity index (χ2n) is 4.54. The minimum atomic E-state index is -1.50. The van der Waals surface area contributed by atoms with E-state index in [-0.39, 0.29) is 11.8 Å². The molecule has 2 fully saturated rings. The number of carbonyl (C=O) groups is 2. The van der Waals surface area contributed by atoms with E-state index in [1.54, 1.807) is 6.92 Å². The van der Waals surface area contributed by atoms with Crippen LogP contribution < -0.4 is 0 Å². The molecule has 0 aromatic heterocycles. The van der Waals surface area contributed by atoms with Crippen molar-refractivity contribution in [2.45, 2.75) is 26.2 Å². The molecular weight excluding hydrogens is 184 g/mol. The van der Waals surface area contributed by atoms with Crippen molar-refractivity contribution in [3.63, 3.8) is 0 Å². The summed E-state index contributed by atoms with van der Waals surface area (Å²) in [7, 11) is 0. The quantitative estimate of drug-likeness (QED) is 0.654. The number of aliphatic carboxylic acids is 2. The van der Waals surface area contributed by atoms with Crippen molar-refractivity contribution in [2.24, 2.45) is 23.2 Å². The van der Waals surface area contributed by atoms with Crippen molar-refractivity contribution in [1.82, 2.24) is 0 Å². The average Bonchev–Trinajstić information content (AvgIpc) is 2.61. The summed E-state index contributed by atoms with van der Waals surface area (Å²) in [6.45, 7) is 1.77. The summed E-state index contributed by atoms with van der Waals surface area (Å²) >= 11 is 0. The van der Waals surface area contributed by atoms with Gasteiger partial charge in [-0.25, -0.2) is 0 Å². The first-order chi connectivity index (χ1) is 6.51. The van der Waals surface area contributed by atoms with E-state index < -0.39 is 17.4 Å². The van der Waals surface area contributed by atoms with Gasteiger partial charge in [-0.1, -0.05) is 6.92 Å². The van der Waals surface area contributed by atoms with Crippen LogP contribution in [0.4, 0.5) is 0 Å². The van der Waals surface area contributed by atoms with Crippen molar-refractivity contribution >= 4 is 11.9 Å². The van der Waals surface area contributed by atoms with Gasteiger partial charge >= 0.3 is 11.9 Å². The second kappa shape index (κ2) is 2.72. The first-order valence-corrected chi connectivity index (χ1v) is 4.98. The fourth-order valence-electron chi connectivity index (χ4n) is 3.46. The van der Waals surface area contributed by atoms with Gasteiger partial charge in [0.05, 0.1) is 0 Å². The molecule has 3 unspecified atom stereocenters. The zero-order valence-corrected chi connectivity index (χ0v) is 8.06. The van der Waals surface area contributed by atoms with Crippen molar-refractivity contribution in [3.05, 3.63) is 0 Å². The van der Waals surface area contributed by atoms with Crippen LogP contribution in [0.3, 0.4) is 0 Å². The molecule has 3 atom stereocenters. The lowest BCUT2D eigenvalue weighted by atomic mass is 9.67. The van der Waals surface area contributed by atoms with Crippen molar-refractivity contribution in [3.8, 4) is 0 Å². The van der Waals surface area contributed by atoms with Crippen LogP contribution in [-0.4, -0.2) is 22.2 Å². The topological polar surface area (TPSA) is 74.6 Å². The molecule has 2 aliphatic carbocycles. The summed E-state index contributed by atoms with van der Waals surface area (Å²) in [5, 5.41) is 18.3. The highest BCUT2D eigenvalue weighted by molar-refractivity contribution is 5.99. The van der Waals surface area contributed by atoms with Crippen molar-refractivity contribution in [1.29, 1.82) is 0 Å². The van der Waals surface area contributed by atoms with Gasteiger partial charge < -0.3 is 10.2 Å². The van der Waals surface area contributed by atoms with E-state index in [0.29, 0.717) is 5.92 Å². The predicted octanol–water partition coefficient (Wildman–Crippen LogP) is 1.21. The first kappa shape index (κ1) is 9.49. The molecule has 0 aromatic rings. The van der Waals surface area contributed by atoms with E-state index in [1.807, 2.05) is 0 Å². The number of carboxylic acid groups (broad SMARTS) is 2. The van der Waals surface area contributed by atoms with Crippen LogP contribution >= 0.6 is 0 Å². The maximum Gasteiger partial charge on any atom is 0.321 e. The zero-order chi connectivity index (χ0) is 10.5. The van der Waals surface area contributed by atoms with E-state index >= 15 is 0 Å². The van der Waals surface area contributed by atoms with E-state index in [0.717, 1.165) is 19.3 Å². The van der Waals surface area contributed by atoms with Crippen LogP contribution in [0, 0.1) is 23.2 Å². The molecule has 4 heteroatoms. The summed E-state index contributed by atoms with van der Waals surface area (Å²) in [5.41, 5.74) is -1.50. The summed E-state index contributed by atoms with van der Waals surface area (Å²) in [5.74, 6) is -2.38. The molecule has 14 heavy (non-hydrogen) atoms. The van der Waals surface area contributed by atoms with Crippen LogP contribution in [0.15, 0.2) is 0 Å². The lowest BCUT2D eigenvalue weighted by molar-refractivity contribution is -0.173. The molecule has 0 aliphatic heterocycles. The average molecular weight is 198 g/mol. The van der Waals surface area contributed by atoms with Gasteiger partial charge in [0.25, 0.3) is 0 Å². The Balaban J connectivity index is 2.45. The molecule has 0 saturated heterocycles. The van der Waals surface area contributed by atoms with Gasteiger partial charge in [-0.2, -0.15) is 0 Å². The van der Waals surface area contributed by atoms with E-state index in [4.69, 9.17) is 10.2 Å². The van der Waals surface area contributed by atoms with Gasteiger partial charge in [-0.15, -0.1) is 0 Å². The lowest BCUT2D eigenvalue weighted by Gasteiger charge is -2.34. The molecule has 2 rings (SSSR count). The standard InChI is InChI=1S/C10H14O4/c1-5-6-2-3-7(4-6)10(5,8(11)12)9(13)14/h5-7H,2-4H2,1H3,(H,11,12)(H,13,14). The minimum Gasteiger partial charge on any atom is -0.480 e. The largest absolute Gasteiger partial charge is 0.480 e. The van der Waals surface area contributed by atoms with Gasteiger partial charge in [0.2, 0.25) is 0 Å². The van der Waals surface area contributed by atoms with Gasteiger partial charge in [0.1, 0.15) is 0 Å². The monoisotopic (exact) mass is 198 g/mol. The summed E-state index contributed by atoms with van der Waals surface area (Å²) in [4.78, 5) is 22.4. The predicted molar refractivity (Wildman–Crippen MR) is 47.7 cm³/mol. The smallest absolute Gasteiger partial charge is 0.321 e. The molecule has 4 nitrogen and oxygen atoms in total. The third-order valence-corrected chi connectivity index (χ3v) is 4.25. The molecule has 0 heterocycles. The van der Waals surface area contributed by atoms with E-state index in [9.17, 15) is 9.59 Å². The molecule has 2 N–H and O–H groups in total. The molecule has 2 bridgehead atoms. The Hall–Kier alpha value is -1.06. The Labute approximate surface area is 81.9 Å². The van der Waals surface area contributed by atoms with Crippen LogP contribution in [0.5, 0.6) is 0 Å². The number of hydrogen-bond acceptors (Lipinski definition) is 2. The highest BCUT2D eigenvalue weighted by Gasteiger charge is 2.65. The third kappa shape index (κ3) is 0.837. The molecule has 0 radical (unpaired) electrons. The molecule has 0 amide bonds. The van der Waals surface area contributed by atoms with Crippen LogP contribution in [-0.2, 0) is 9.59 Å². The van der Waals surface area contributed by atoms with Gasteiger partial charge in [0, 0.05) is 0 Å². The summed E-state index contributed by atoms with van der Waals surface area (Å²) in [6, 6.07) is 0. The molecule has 2 saturated carbocycles. The third-order valence-electron chi connectivity index (χ3n) is 4.25. The fraction of sp³-hybridized carbons (Fsp3) is 0.800. The normalized spacial score (nSPS) is 38.5. The van der Waals surface area contributed by atoms with Gasteiger partial charge in [0.15, 0.2) is 5.41 Å². The van der Waals surface area contributed by atoms with Crippen LogP contribution in [0.25, 0.3) is 0 Å². The Morgan fingerprint density at radius 3 is 2.07 bits per heavy atom. The number of carboxylic acids is 2. The van der Waals surface area contributed by atoms with Crippen LogP contribution in [0.1, 0.15) is 26.2 Å². The molecule has 0 spiro atoms. The summed E-state index contributed by atoms with van der Waals surface area (Å²) in [6.07, 6.45) is 2.53. The maximum absolute atomic E-state index is 11.2. The highest BCUT2D eigenvalue weighted by Crippen LogP contribution is 2.59. The number of rotatable bonds is 2. The summed E-state index contributed by atoms with van der Waals surface area (Å²) < 4.78 is 0. The Bertz CT molecular complexity index is 278. The number of hydrogen-bond donors (Lipinski definition) is 2. The molecule has 78 valence electrons. The maximum atomic E-state index is 11.2. The van der Waals surface area contributed by atoms with Gasteiger partial charge in [-0.3, -0.25) is 9.59 Å². The van der Waals surface area contributed by atoms with Gasteiger partial charge in [-0.05, 0) is 37.0 Å². The Kier molecular flexibility index (Phi) is 1.84. The van der Waals surface area contributed by atoms with Crippen molar-refractivity contribution in [2.75, 3.05) is 0 Å². The molecule has 0 aromatic carbocycles. The minimum absolute atomic E-state index is 0.155. The SMILES string of the molecule is CC1C2CCC(C2)C1(C(=O)O)C(=O)O. The first-order valence-electron chi connectivity index (χ1n) is 4.98. The highest BCUT2D eigenvalue weighted by atomic mass is 16.4. The van der Waals surface area contributed by atoms with Crippen molar-refractivity contribution < 1.29 is 19.8 Å². The molecular formula is C10H14O4. The fourth-order valence-corrected chi connectivity index (χ4v) is 3.46. The lowest BCUT2D eigenvalue weighted by Crippen LogP contribution is -2.48. The number of fused-ring (bicyclic) bond motifs is 2. The van der Waals surface area contributed by atoms with E-state index in [2.05, 4.69) is 0 Å². The molecule has 2 aliphatic rings. The van der Waals surface area contributed by atoms with Crippen LogP contribution in [0.2, 0.25) is 0 Å².